The molecule has 0 atom stereocenters. The van der Waals surface area contributed by atoms with Crippen LogP contribution in [0.5, 0.6) is 23.0 Å². The molecule has 8 nitrogen and oxygen atoms in total. The van der Waals surface area contributed by atoms with Gasteiger partial charge in [0.2, 0.25) is 0 Å². The summed E-state index contributed by atoms with van der Waals surface area (Å²) in [5.41, 5.74) is 0.148. The molecule has 0 heterocycles. The molecule has 2 aromatic carbocycles. The van der Waals surface area contributed by atoms with Crippen molar-refractivity contribution < 1.29 is 28.1 Å². The maximum atomic E-state index is 12.3. The molecular weight excluding hydrogens is 336 g/mol. The van der Waals surface area contributed by atoms with E-state index in [1.807, 2.05) is 4.83 Å². The van der Waals surface area contributed by atoms with Crippen LogP contribution in [0.15, 0.2) is 46.4 Å². The minimum atomic E-state index is -4.03. The zero-order chi connectivity index (χ0) is 17.7. The number of hydrogen-bond acceptors (Lipinski definition) is 7. The Bertz CT molecular complexity index is 864. The van der Waals surface area contributed by atoms with Crippen LogP contribution in [-0.4, -0.2) is 39.1 Å². The summed E-state index contributed by atoms with van der Waals surface area (Å²) < 4.78 is 34.7. The first kappa shape index (κ1) is 17.4. The molecule has 0 unspecified atom stereocenters. The fourth-order valence-corrected chi connectivity index (χ4v) is 2.84. The van der Waals surface area contributed by atoms with Crippen LogP contribution in [0.1, 0.15) is 5.56 Å². The van der Waals surface area contributed by atoms with Gasteiger partial charge in [0.05, 0.1) is 20.4 Å². The van der Waals surface area contributed by atoms with Crippen LogP contribution < -0.4 is 14.3 Å². The molecule has 0 saturated heterocycles. The normalized spacial score (nSPS) is 11.4. The SMILES string of the molecule is COc1ccc(OC)c(S(=O)(=O)N/N=C/c2cccc(O)c2O)c1. The third kappa shape index (κ3) is 3.69. The van der Waals surface area contributed by atoms with Gasteiger partial charge in [-0.25, -0.2) is 0 Å². The number of phenolic OH excluding ortho intramolecular Hbond substituents is 2. The van der Waals surface area contributed by atoms with Gasteiger partial charge >= 0.3 is 0 Å². The van der Waals surface area contributed by atoms with Crippen molar-refractivity contribution in [3.63, 3.8) is 0 Å². The van der Waals surface area contributed by atoms with E-state index in [0.717, 1.165) is 6.21 Å². The van der Waals surface area contributed by atoms with Gasteiger partial charge in [-0.15, -0.1) is 0 Å². The summed E-state index contributed by atoms with van der Waals surface area (Å²) in [4.78, 5) is 1.86. The van der Waals surface area contributed by atoms with Crippen molar-refractivity contribution in [2.45, 2.75) is 4.90 Å². The van der Waals surface area contributed by atoms with Crippen molar-refractivity contribution in [1.29, 1.82) is 0 Å². The number of ether oxygens (including phenoxy) is 2. The fraction of sp³-hybridized carbons (Fsp3) is 0.133. The van der Waals surface area contributed by atoms with E-state index in [1.165, 1.54) is 44.6 Å². The second kappa shape index (κ2) is 7.09. The van der Waals surface area contributed by atoms with E-state index in [4.69, 9.17) is 9.47 Å². The third-order valence-electron chi connectivity index (χ3n) is 3.08. The van der Waals surface area contributed by atoms with E-state index in [2.05, 4.69) is 5.10 Å². The number of phenols is 2. The summed E-state index contributed by atoms with van der Waals surface area (Å²) in [6, 6.07) is 8.54. The Kier molecular flexibility index (Phi) is 5.14. The minimum absolute atomic E-state index is 0.124. The van der Waals surface area contributed by atoms with Crippen LogP contribution in [0.2, 0.25) is 0 Å². The summed E-state index contributed by atoms with van der Waals surface area (Å²) in [6.45, 7) is 0. The monoisotopic (exact) mass is 352 g/mol. The zero-order valence-corrected chi connectivity index (χ0v) is 13.7. The lowest BCUT2D eigenvalue weighted by Crippen LogP contribution is -2.19. The molecule has 128 valence electrons. The van der Waals surface area contributed by atoms with E-state index in [9.17, 15) is 18.6 Å². The van der Waals surface area contributed by atoms with Gasteiger partial charge in [0.25, 0.3) is 10.0 Å². The Hall–Kier alpha value is -2.94. The first-order chi connectivity index (χ1) is 11.4. The first-order valence-electron chi connectivity index (χ1n) is 6.67. The van der Waals surface area contributed by atoms with Gasteiger partial charge in [-0.05, 0) is 24.3 Å². The van der Waals surface area contributed by atoms with Crippen LogP contribution in [0.3, 0.4) is 0 Å². The summed E-state index contributed by atoms with van der Waals surface area (Å²) in [5.74, 6) is -0.278. The van der Waals surface area contributed by atoms with Crippen LogP contribution in [0.4, 0.5) is 0 Å². The topological polar surface area (TPSA) is 117 Å². The molecule has 0 amide bonds. The molecule has 0 aliphatic carbocycles. The van der Waals surface area contributed by atoms with E-state index in [-0.39, 0.29) is 22.0 Å². The van der Waals surface area contributed by atoms with Crippen molar-refractivity contribution >= 4 is 16.2 Å². The summed E-state index contributed by atoms with van der Waals surface area (Å²) >= 11 is 0. The van der Waals surface area contributed by atoms with Crippen molar-refractivity contribution in [1.82, 2.24) is 4.83 Å². The second-order valence-electron chi connectivity index (χ2n) is 4.58. The second-order valence-corrected chi connectivity index (χ2v) is 6.21. The van der Waals surface area contributed by atoms with E-state index in [0.29, 0.717) is 5.75 Å². The average molecular weight is 352 g/mol. The number of benzene rings is 2. The predicted octanol–water partition coefficient (Wildman–Crippen LogP) is 1.43. The number of methoxy groups -OCH3 is 2. The Balaban J connectivity index is 2.29. The molecule has 0 saturated carbocycles. The average Bonchev–Trinajstić information content (AvgIpc) is 2.58. The molecule has 0 aliphatic heterocycles. The molecule has 2 rings (SSSR count). The lowest BCUT2D eigenvalue weighted by atomic mass is 10.2. The van der Waals surface area contributed by atoms with Crippen molar-refractivity contribution in [3.8, 4) is 23.0 Å². The van der Waals surface area contributed by atoms with Gasteiger partial charge < -0.3 is 19.7 Å². The van der Waals surface area contributed by atoms with Crippen molar-refractivity contribution in [2.75, 3.05) is 14.2 Å². The Labute approximate surface area is 139 Å². The van der Waals surface area contributed by atoms with Crippen LogP contribution in [0, 0.1) is 0 Å². The molecule has 0 bridgehead atoms. The number of nitrogens with zero attached hydrogens (tertiary/aromatic N) is 1. The fourth-order valence-electron chi connectivity index (χ4n) is 1.86. The molecule has 24 heavy (non-hydrogen) atoms. The maximum Gasteiger partial charge on any atom is 0.280 e. The highest BCUT2D eigenvalue weighted by molar-refractivity contribution is 7.89. The highest BCUT2D eigenvalue weighted by atomic mass is 32.2. The van der Waals surface area contributed by atoms with E-state index in [1.54, 1.807) is 6.07 Å². The highest BCUT2D eigenvalue weighted by Crippen LogP contribution is 2.28. The van der Waals surface area contributed by atoms with E-state index >= 15 is 0 Å². The molecule has 0 fully saturated rings. The van der Waals surface area contributed by atoms with Gasteiger partial charge in [-0.3, -0.25) is 0 Å². The van der Waals surface area contributed by atoms with Crippen molar-refractivity contribution in [3.05, 3.63) is 42.0 Å². The lowest BCUT2D eigenvalue weighted by molar-refractivity contribution is 0.392. The Morgan fingerprint density at radius 3 is 2.54 bits per heavy atom. The first-order valence-corrected chi connectivity index (χ1v) is 8.15. The number of hydrogen-bond donors (Lipinski definition) is 3. The molecule has 0 aliphatic rings. The molecule has 9 heteroatoms. The number of aromatic hydroxyl groups is 2. The van der Waals surface area contributed by atoms with E-state index < -0.39 is 15.8 Å². The maximum absolute atomic E-state index is 12.3. The molecule has 3 N–H and O–H groups in total. The lowest BCUT2D eigenvalue weighted by Gasteiger charge is -2.10. The molecule has 2 aromatic rings. The standard InChI is InChI=1S/C15H16N2O6S/c1-22-11-6-7-13(23-2)14(8-11)24(20,21)17-16-9-10-4-3-5-12(18)15(10)19/h3-9,17-19H,1-2H3/b16-9+. The quantitative estimate of drug-likeness (QED) is 0.411. The smallest absolute Gasteiger partial charge is 0.280 e. The Morgan fingerprint density at radius 1 is 1.12 bits per heavy atom. The van der Waals surface area contributed by atoms with Gasteiger partial charge in [0.1, 0.15) is 16.4 Å². The highest BCUT2D eigenvalue weighted by Gasteiger charge is 2.20. The predicted molar refractivity (Wildman–Crippen MR) is 87.2 cm³/mol. The van der Waals surface area contributed by atoms with Gasteiger partial charge in [0, 0.05) is 11.6 Å². The van der Waals surface area contributed by atoms with Crippen LogP contribution in [-0.2, 0) is 10.0 Å². The van der Waals surface area contributed by atoms with Crippen molar-refractivity contribution in [2.24, 2.45) is 5.10 Å². The molecule has 0 spiro atoms. The molecular formula is C15H16N2O6S. The third-order valence-corrected chi connectivity index (χ3v) is 4.33. The number of para-hydroxylation sites is 1. The summed E-state index contributed by atoms with van der Waals surface area (Å²) in [5, 5.41) is 22.6. The van der Waals surface area contributed by atoms with Crippen LogP contribution >= 0.6 is 0 Å². The van der Waals surface area contributed by atoms with Gasteiger partial charge in [0.15, 0.2) is 11.5 Å². The largest absolute Gasteiger partial charge is 0.504 e. The zero-order valence-electron chi connectivity index (χ0n) is 12.9. The Morgan fingerprint density at radius 2 is 1.88 bits per heavy atom. The molecule has 0 radical (unpaired) electrons. The molecule has 0 aromatic heterocycles. The summed E-state index contributed by atoms with van der Waals surface area (Å²) in [6.07, 6.45) is 1.07. The number of hydrazone groups is 1. The van der Waals surface area contributed by atoms with Crippen LogP contribution in [0.25, 0.3) is 0 Å². The number of sulfonamides is 1. The minimum Gasteiger partial charge on any atom is -0.504 e. The van der Waals surface area contributed by atoms with Gasteiger partial charge in [-0.2, -0.15) is 18.4 Å². The number of nitrogens with one attached hydrogen (secondary N) is 1. The number of rotatable bonds is 6. The van der Waals surface area contributed by atoms with Gasteiger partial charge in [-0.1, -0.05) is 6.07 Å². The summed E-state index contributed by atoms with van der Waals surface area (Å²) in [7, 11) is -1.27.